The lowest BCUT2D eigenvalue weighted by Gasteiger charge is -2.30. The summed E-state index contributed by atoms with van der Waals surface area (Å²) in [5.74, 6) is 0.528. The van der Waals surface area contributed by atoms with Gasteiger partial charge in [0.25, 0.3) is 0 Å². The van der Waals surface area contributed by atoms with Crippen LogP contribution in [0.2, 0.25) is 0 Å². The first-order valence-electron chi connectivity index (χ1n) is 22.5. The van der Waals surface area contributed by atoms with E-state index >= 15 is 0 Å². The van der Waals surface area contributed by atoms with Crippen molar-refractivity contribution in [3.63, 3.8) is 0 Å². The smallest absolute Gasteiger partial charge is 0.132 e. The van der Waals surface area contributed by atoms with E-state index in [1.807, 2.05) is 24.4 Å². The molecule has 10 aromatic carbocycles. The number of phenols is 2. The van der Waals surface area contributed by atoms with Crippen LogP contribution in [-0.4, -0.2) is 28.5 Å². The summed E-state index contributed by atoms with van der Waals surface area (Å²) in [6, 6.07) is 67.6. The molecule has 0 spiro atoms. The molecule has 1 saturated carbocycles. The van der Waals surface area contributed by atoms with E-state index in [0.717, 1.165) is 119 Å². The van der Waals surface area contributed by atoms with Gasteiger partial charge in [-0.15, -0.1) is 0 Å². The van der Waals surface area contributed by atoms with Crippen LogP contribution in [0.1, 0.15) is 36.8 Å². The van der Waals surface area contributed by atoms with E-state index in [-0.39, 0.29) is 17.8 Å². The van der Waals surface area contributed by atoms with Gasteiger partial charge in [-0.3, -0.25) is 4.99 Å². The van der Waals surface area contributed by atoms with Crippen LogP contribution in [0.25, 0.3) is 87.6 Å². The fourth-order valence-corrected chi connectivity index (χ4v) is 10.2. The summed E-state index contributed by atoms with van der Waals surface area (Å²) >= 11 is 0. The van der Waals surface area contributed by atoms with Gasteiger partial charge in [-0.05, 0) is 90.3 Å². The molecule has 0 saturated heterocycles. The number of hydrogen-bond donors (Lipinski definition) is 3. The fraction of sp³-hybridized carbons (Fsp3) is 0.117. The summed E-state index contributed by atoms with van der Waals surface area (Å²) in [6.07, 6.45) is 5.99. The van der Waals surface area contributed by atoms with E-state index in [1.54, 1.807) is 0 Å². The van der Waals surface area contributed by atoms with Crippen molar-refractivity contribution in [3.05, 3.63) is 205 Å². The Morgan fingerprint density at radius 3 is 1.47 bits per heavy atom. The minimum atomic E-state index is -0.00896. The summed E-state index contributed by atoms with van der Waals surface area (Å²) in [5, 5.41) is 37.5. The number of phenolic OH excluding ortho intramolecular Hbond substituents is 2. The van der Waals surface area contributed by atoms with Gasteiger partial charge in [0.2, 0.25) is 0 Å². The van der Waals surface area contributed by atoms with Crippen molar-refractivity contribution in [1.29, 1.82) is 0 Å². The van der Waals surface area contributed by atoms with Gasteiger partial charge in [0.1, 0.15) is 11.5 Å². The van der Waals surface area contributed by atoms with Gasteiger partial charge in [-0.25, -0.2) is 0 Å². The van der Waals surface area contributed by atoms with Gasteiger partial charge in [0.15, 0.2) is 0 Å². The van der Waals surface area contributed by atoms with Crippen molar-refractivity contribution in [2.24, 2.45) is 4.99 Å². The van der Waals surface area contributed by atoms with Gasteiger partial charge in [0, 0.05) is 52.2 Å². The highest BCUT2D eigenvalue weighted by atomic mass is 16.3. The van der Waals surface area contributed by atoms with Gasteiger partial charge in [0.05, 0.1) is 6.04 Å². The minimum absolute atomic E-state index is 0.00896. The molecule has 2 atom stereocenters. The molecule has 10 aromatic rings. The molecular formula is C60H48N2O2. The average Bonchev–Trinajstić information content (AvgIpc) is 3.35. The highest BCUT2D eigenvalue weighted by Gasteiger charge is 2.27. The zero-order valence-electron chi connectivity index (χ0n) is 35.6. The van der Waals surface area contributed by atoms with E-state index in [0.29, 0.717) is 17.9 Å². The second-order valence-electron chi connectivity index (χ2n) is 17.2. The second-order valence-corrected chi connectivity index (χ2v) is 17.2. The second kappa shape index (κ2) is 17.0. The molecule has 3 N–H and O–H groups in total. The van der Waals surface area contributed by atoms with Gasteiger partial charge in [-0.2, -0.15) is 0 Å². The first-order chi connectivity index (χ1) is 31.6. The van der Waals surface area contributed by atoms with E-state index in [2.05, 4.69) is 181 Å². The summed E-state index contributed by atoms with van der Waals surface area (Å²) in [7, 11) is 0. The molecule has 1 aliphatic rings. The van der Waals surface area contributed by atoms with Crippen molar-refractivity contribution in [3.8, 4) is 56.0 Å². The Balaban J connectivity index is 0.970. The number of rotatable bonds is 9. The van der Waals surface area contributed by atoms with Crippen LogP contribution < -0.4 is 5.32 Å². The summed E-state index contributed by atoms with van der Waals surface area (Å²) in [5.41, 5.74) is 9.64. The predicted molar refractivity (Wildman–Crippen MR) is 268 cm³/mol. The number of fused-ring (bicyclic) bond motifs is 4. The third kappa shape index (κ3) is 7.16. The van der Waals surface area contributed by atoms with Crippen molar-refractivity contribution >= 4 is 49.3 Å². The van der Waals surface area contributed by atoms with Crippen molar-refractivity contribution in [1.82, 2.24) is 5.32 Å². The quantitative estimate of drug-likeness (QED) is 0.127. The number of aliphatic imine (C=N–C) groups is 1. The molecule has 64 heavy (non-hydrogen) atoms. The van der Waals surface area contributed by atoms with Gasteiger partial charge in [-0.1, -0.05) is 195 Å². The Bertz CT molecular complexity index is 3380. The van der Waals surface area contributed by atoms with E-state index in [9.17, 15) is 10.2 Å². The third-order valence-electron chi connectivity index (χ3n) is 13.4. The third-order valence-corrected chi connectivity index (χ3v) is 13.4. The zero-order valence-corrected chi connectivity index (χ0v) is 35.6. The summed E-state index contributed by atoms with van der Waals surface area (Å²) < 4.78 is 0. The summed E-state index contributed by atoms with van der Waals surface area (Å²) in [6.45, 7) is 0.487. The molecule has 0 unspecified atom stereocenters. The molecule has 1 fully saturated rings. The maximum absolute atomic E-state index is 12.5. The van der Waals surface area contributed by atoms with Crippen LogP contribution in [0.4, 0.5) is 0 Å². The Kier molecular flexibility index (Phi) is 10.4. The number of hydrogen-bond acceptors (Lipinski definition) is 4. The lowest BCUT2D eigenvalue weighted by Crippen LogP contribution is -2.40. The molecule has 11 rings (SSSR count). The molecule has 0 aromatic heterocycles. The number of nitrogens with one attached hydrogen (secondary N) is 1. The maximum atomic E-state index is 12.5. The van der Waals surface area contributed by atoms with Gasteiger partial charge < -0.3 is 15.5 Å². The Morgan fingerprint density at radius 2 is 0.906 bits per heavy atom. The minimum Gasteiger partial charge on any atom is -0.507 e. The SMILES string of the molecule is Oc1c(/C=N/[C@H]2CCCC[C@@H]2NCc2cc3ccccc3c(-c3c(-c4ccccc4)ccc4ccccc34)c2O)cc2ccccc2c1-c1c(-c2ccccc2)ccc2ccccc12. The molecule has 0 heterocycles. The molecule has 0 bridgehead atoms. The predicted octanol–water partition coefficient (Wildman–Crippen LogP) is 14.9. The van der Waals surface area contributed by atoms with Crippen LogP contribution in [0.15, 0.2) is 199 Å². The van der Waals surface area contributed by atoms with Crippen LogP contribution >= 0.6 is 0 Å². The average molecular weight is 829 g/mol. The Morgan fingerprint density at radius 1 is 0.453 bits per heavy atom. The lowest BCUT2D eigenvalue weighted by atomic mass is 9.85. The highest BCUT2D eigenvalue weighted by Crippen LogP contribution is 2.48. The van der Waals surface area contributed by atoms with Crippen molar-refractivity contribution in [2.75, 3.05) is 0 Å². The largest absolute Gasteiger partial charge is 0.507 e. The first kappa shape index (κ1) is 39.3. The summed E-state index contributed by atoms with van der Waals surface area (Å²) in [4.78, 5) is 5.30. The van der Waals surface area contributed by atoms with E-state index < -0.39 is 0 Å². The Hall–Kier alpha value is -7.53. The van der Waals surface area contributed by atoms with Crippen molar-refractivity contribution in [2.45, 2.75) is 44.3 Å². The fourth-order valence-electron chi connectivity index (χ4n) is 10.2. The maximum Gasteiger partial charge on any atom is 0.132 e. The lowest BCUT2D eigenvalue weighted by molar-refractivity contribution is 0.327. The highest BCUT2D eigenvalue weighted by molar-refractivity contribution is 6.15. The van der Waals surface area contributed by atoms with Crippen LogP contribution in [-0.2, 0) is 6.54 Å². The van der Waals surface area contributed by atoms with Crippen LogP contribution in [0.3, 0.4) is 0 Å². The molecule has 310 valence electrons. The van der Waals surface area contributed by atoms with Crippen LogP contribution in [0, 0.1) is 0 Å². The molecule has 0 aliphatic heterocycles. The molecule has 4 nitrogen and oxygen atoms in total. The standard InChI is InChI=1S/C60H48N2O2/c63-59-45(35-43-23-9-13-27-49(43)57(59)55-47-25-11-7-21-41(47)31-33-51(55)39-17-3-1-4-18-39)37-61-53-29-15-16-30-54(53)62-38-46-36-44-24-10-14-28-50(44)58(60(46)64)56-48-26-12-8-22-42(48)32-34-52(56)40-19-5-2-6-20-40/h1-14,17-28,31-37,53-54,62-64H,15-16,29-30,38H2/b61-37+/t53-,54-/m0/s1. The first-order valence-corrected chi connectivity index (χ1v) is 22.5. The van der Waals surface area contributed by atoms with E-state index in [4.69, 9.17) is 4.99 Å². The molecule has 1 aliphatic carbocycles. The van der Waals surface area contributed by atoms with Crippen LogP contribution in [0.5, 0.6) is 11.5 Å². The topological polar surface area (TPSA) is 64.9 Å². The molecule has 0 amide bonds. The molecule has 4 heteroatoms. The molecular weight excluding hydrogens is 781 g/mol. The monoisotopic (exact) mass is 828 g/mol. The molecule has 0 radical (unpaired) electrons. The number of aromatic hydroxyl groups is 2. The van der Waals surface area contributed by atoms with Gasteiger partial charge >= 0.3 is 0 Å². The number of benzene rings is 10. The van der Waals surface area contributed by atoms with E-state index in [1.165, 1.54) is 0 Å². The zero-order chi connectivity index (χ0) is 43.0. The van der Waals surface area contributed by atoms with Crippen molar-refractivity contribution < 1.29 is 10.2 Å². The number of nitrogens with zero attached hydrogens (tertiary/aromatic N) is 1. The Labute approximate surface area is 373 Å². The normalized spacial score (nSPS) is 15.4.